The van der Waals surface area contributed by atoms with Gasteiger partial charge in [-0.25, -0.2) is 8.42 Å². The van der Waals surface area contributed by atoms with Crippen LogP contribution in [0.25, 0.3) is 16.9 Å². The zero-order valence-corrected chi connectivity index (χ0v) is 19.6. The summed E-state index contributed by atoms with van der Waals surface area (Å²) in [5, 5.41) is 12.0. The number of para-hydroxylation sites is 1. The number of rotatable bonds is 10. The average Bonchev–Trinajstić information content (AvgIpc) is 3.15. The molecule has 0 fully saturated rings. The highest BCUT2D eigenvalue weighted by atomic mass is 32.2. The van der Waals surface area contributed by atoms with Gasteiger partial charge in [0.05, 0.1) is 17.2 Å². The minimum Gasteiger partial charge on any atom is -0.354 e. The number of carbonyl (C=O) groups is 1. The minimum atomic E-state index is -3.34. The lowest BCUT2D eigenvalue weighted by molar-refractivity contribution is -0.757. The van der Waals surface area contributed by atoms with Crippen molar-refractivity contribution >= 4 is 15.7 Å². The van der Waals surface area contributed by atoms with Gasteiger partial charge in [-0.2, -0.15) is 0 Å². The molecule has 3 N–H and O–H groups in total. The Morgan fingerprint density at radius 2 is 1.82 bits per heavy atom. The van der Waals surface area contributed by atoms with Crippen LogP contribution in [0.15, 0.2) is 65.6 Å². The largest absolute Gasteiger partial charge is 0.354 e. The van der Waals surface area contributed by atoms with Crippen molar-refractivity contribution in [3.8, 4) is 16.9 Å². The molecule has 1 amide bonds. The zero-order chi connectivity index (χ0) is 24.9. The van der Waals surface area contributed by atoms with E-state index in [2.05, 4.69) is 10.2 Å². The van der Waals surface area contributed by atoms with Gasteiger partial charge in [-0.05, 0) is 54.8 Å². The Kier molecular flexibility index (Phi) is 7.69. The number of nitrogens with two attached hydrogens (primary N) is 1. The summed E-state index contributed by atoms with van der Waals surface area (Å²) >= 11 is 0. The van der Waals surface area contributed by atoms with E-state index < -0.39 is 26.9 Å². The highest BCUT2D eigenvalue weighted by molar-refractivity contribution is 7.90. The smallest absolute Gasteiger partial charge is 0.294 e. The van der Waals surface area contributed by atoms with Crippen LogP contribution in [0.3, 0.4) is 0 Å². The molecule has 2 aromatic carbocycles. The molecule has 34 heavy (non-hydrogen) atoms. The molecular weight excluding hydrogens is 460 g/mol. The van der Waals surface area contributed by atoms with E-state index in [4.69, 9.17) is 5.73 Å². The number of benzene rings is 2. The first-order valence-corrected chi connectivity index (χ1v) is 12.4. The van der Waals surface area contributed by atoms with Crippen LogP contribution in [0.5, 0.6) is 0 Å². The maximum atomic E-state index is 12.7. The Hall–Kier alpha value is -3.70. The minimum absolute atomic E-state index is 0.125. The van der Waals surface area contributed by atoms with Gasteiger partial charge in [-0.15, -0.1) is 10.1 Å². The maximum absolute atomic E-state index is 12.7. The monoisotopic (exact) mass is 486 g/mol. The Labute approximate surface area is 197 Å². The van der Waals surface area contributed by atoms with E-state index >= 15 is 0 Å². The molecule has 180 valence electrons. The van der Waals surface area contributed by atoms with E-state index in [0.29, 0.717) is 5.56 Å². The molecule has 1 atom stereocenters. The predicted octanol–water partition coefficient (Wildman–Crippen LogP) is 2.57. The second-order valence-corrected chi connectivity index (χ2v) is 9.73. The van der Waals surface area contributed by atoms with Crippen LogP contribution in [0.1, 0.15) is 23.7 Å². The number of nitrogens with zero attached hydrogens (tertiary/aromatic N) is 2. The van der Waals surface area contributed by atoms with Crippen LogP contribution in [0.4, 0.5) is 0 Å². The van der Waals surface area contributed by atoms with Crippen molar-refractivity contribution in [2.24, 2.45) is 5.73 Å². The Morgan fingerprint density at radius 1 is 1.18 bits per heavy atom. The summed E-state index contributed by atoms with van der Waals surface area (Å²) in [6, 6.07) is 16.9. The lowest BCUT2D eigenvalue weighted by Crippen LogP contribution is -2.35. The number of aromatic nitrogens is 1. The molecule has 0 spiro atoms. The van der Waals surface area contributed by atoms with Gasteiger partial charge in [0.2, 0.25) is 5.91 Å². The van der Waals surface area contributed by atoms with Crippen LogP contribution in [0, 0.1) is 17.0 Å². The van der Waals surface area contributed by atoms with E-state index in [1.165, 1.54) is 0 Å². The van der Waals surface area contributed by atoms with Crippen molar-refractivity contribution in [1.29, 1.82) is 0 Å². The highest BCUT2D eigenvalue weighted by Gasteiger charge is 2.24. The van der Waals surface area contributed by atoms with E-state index in [0.717, 1.165) is 28.9 Å². The molecule has 3 aromatic rings. The molecule has 1 unspecified atom stereocenters. The van der Waals surface area contributed by atoms with Crippen molar-refractivity contribution in [2.75, 3.05) is 19.4 Å². The fourth-order valence-electron chi connectivity index (χ4n) is 3.61. The molecule has 0 aliphatic rings. The molecule has 0 radical (unpaired) electrons. The summed E-state index contributed by atoms with van der Waals surface area (Å²) < 4.78 is 25.7. The van der Waals surface area contributed by atoms with E-state index in [9.17, 15) is 23.3 Å². The van der Waals surface area contributed by atoms with E-state index in [1.54, 1.807) is 24.3 Å². The summed E-state index contributed by atoms with van der Waals surface area (Å²) in [5.41, 5.74) is 10.0. The second kappa shape index (κ2) is 10.5. The van der Waals surface area contributed by atoms with Crippen LogP contribution in [-0.4, -0.2) is 43.4 Å². The van der Waals surface area contributed by atoms with Gasteiger partial charge in [0.1, 0.15) is 6.04 Å². The number of hydrogen-bond acceptors (Lipinski definition) is 7. The Morgan fingerprint density at radius 3 is 2.41 bits per heavy atom. The van der Waals surface area contributed by atoms with Gasteiger partial charge in [0.15, 0.2) is 9.84 Å². The topological polar surface area (TPSA) is 147 Å². The Balaban J connectivity index is 1.93. The molecular formula is C23H26N4O6S. The molecule has 1 heterocycles. The van der Waals surface area contributed by atoms with Gasteiger partial charge in [-0.3, -0.25) is 4.79 Å². The lowest BCUT2D eigenvalue weighted by Gasteiger charge is -2.14. The second-order valence-electron chi connectivity index (χ2n) is 7.72. The molecule has 3 rings (SSSR count). The first-order chi connectivity index (χ1) is 16.1. The van der Waals surface area contributed by atoms with Gasteiger partial charge in [-0.1, -0.05) is 30.3 Å². The zero-order valence-electron chi connectivity index (χ0n) is 18.8. The van der Waals surface area contributed by atoms with Crippen LogP contribution in [-0.2, 0) is 19.5 Å². The first kappa shape index (κ1) is 24.9. The van der Waals surface area contributed by atoms with Crippen LogP contribution in [0.2, 0.25) is 0 Å². The molecule has 11 heteroatoms. The lowest BCUT2D eigenvalue weighted by atomic mass is 10.1. The van der Waals surface area contributed by atoms with Gasteiger partial charge < -0.3 is 20.5 Å². The molecule has 10 nitrogen and oxygen atoms in total. The third-order valence-electron chi connectivity index (χ3n) is 5.31. The fraction of sp³-hybridized carbons (Fsp3) is 0.261. The maximum Gasteiger partial charge on any atom is 0.294 e. The summed E-state index contributed by atoms with van der Waals surface area (Å²) in [6.07, 6.45) is 1.42. The molecule has 1 aromatic heterocycles. The number of nitrogens with one attached hydrogen (secondary N) is 1. The highest BCUT2D eigenvalue weighted by Crippen LogP contribution is 2.32. The number of carbonyl (C=O) groups excluding carboxylic acids is 1. The number of sulfone groups is 1. The van der Waals surface area contributed by atoms with Crippen LogP contribution < -0.4 is 11.1 Å². The molecule has 0 saturated heterocycles. The summed E-state index contributed by atoms with van der Waals surface area (Å²) in [6.45, 7) is 1.91. The van der Waals surface area contributed by atoms with Gasteiger partial charge in [0, 0.05) is 24.2 Å². The molecule has 0 aliphatic heterocycles. The van der Waals surface area contributed by atoms with Crippen molar-refractivity contribution < 1.29 is 23.1 Å². The number of hydrogen-bond donors (Lipinski definition) is 2. The molecule has 0 bridgehead atoms. The van der Waals surface area contributed by atoms with Crippen LogP contribution >= 0.6 is 0 Å². The van der Waals surface area contributed by atoms with Gasteiger partial charge >= 0.3 is 0 Å². The van der Waals surface area contributed by atoms with Gasteiger partial charge in [0.25, 0.3) is 5.09 Å². The standard InChI is InChI=1S/C23H26N4O6S/c1-16-20(22(24)23(28)25-13-6-14-33-27(29)30)15-21(26(16)18-7-4-3-5-8-18)17-9-11-19(12-10-17)34(2,31)32/h3-5,7-12,15,22H,6,13-14,24H2,1-2H3,(H,25,28). The summed E-state index contributed by atoms with van der Waals surface area (Å²) in [7, 11) is -3.34. The van der Waals surface area contributed by atoms with Crippen molar-refractivity contribution in [1.82, 2.24) is 9.88 Å². The summed E-state index contributed by atoms with van der Waals surface area (Å²) in [5.74, 6) is -0.423. The average molecular weight is 487 g/mol. The fourth-order valence-corrected chi connectivity index (χ4v) is 4.24. The third kappa shape index (κ3) is 5.80. The third-order valence-corrected chi connectivity index (χ3v) is 6.44. The van der Waals surface area contributed by atoms with Crippen molar-refractivity contribution in [3.05, 3.63) is 82.0 Å². The molecule has 0 saturated carbocycles. The SMILES string of the molecule is Cc1c(C(N)C(=O)NCCCO[N+](=O)[O-])cc(-c2ccc(S(C)(=O)=O)cc2)n1-c1ccccc1. The first-order valence-electron chi connectivity index (χ1n) is 10.5. The Bertz CT molecular complexity index is 1270. The predicted molar refractivity (Wildman–Crippen MR) is 127 cm³/mol. The van der Waals surface area contributed by atoms with Crippen molar-refractivity contribution in [3.63, 3.8) is 0 Å². The number of amides is 1. The molecule has 0 aliphatic carbocycles. The quantitative estimate of drug-likeness (QED) is 0.254. The van der Waals surface area contributed by atoms with Crippen molar-refractivity contribution in [2.45, 2.75) is 24.3 Å². The normalized spacial score (nSPS) is 12.2. The van der Waals surface area contributed by atoms with E-state index in [1.807, 2.05) is 47.9 Å². The van der Waals surface area contributed by atoms with E-state index in [-0.39, 0.29) is 24.5 Å². The summed E-state index contributed by atoms with van der Waals surface area (Å²) in [4.78, 5) is 27.3.